The van der Waals surface area contributed by atoms with Crippen molar-refractivity contribution in [3.8, 4) is 0 Å². The van der Waals surface area contributed by atoms with Gasteiger partial charge < -0.3 is 4.74 Å². The van der Waals surface area contributed by atoms with Gasteiger partial charge in [-0.1, -0.05) is 5.10 Å². The number of nitrogens with zero attached hydrogens (tertiary/aromatic N) is 4. The fraction of sp³-hybridized carbons (Fsp3) is 0.286. The Morgan fingerprint density at radius 3 is 3.20 bits per heavy atom. The van der Waals surface area contributed by atoms with Gasteiger partial charge in [0, 0.05) is 0 Å². The minimum atomic E-state index is -0.709. The average Bonchev–Trinajstić information content (AvgIpc) is 2.67. The Hall–Kier alpha value is -2.25. The predicted molar refractivity (Wildman–Crippen MR) is 47.4 cm³/mol. The molecule has 0 saturated carbocycles. The van der Waals surface area contributed by atoms with Gasteiger partial charge in [-0.25, -0.2) is 9.78 Å². The van der Waals surface area contributed by atoms with E-state index < -0.39 is 11.5 Å². The highest BCUT2D eigenvalue weighted by Gasteiger charge is 2.15. The Bertz CT molecular complexity index is 557. The normalized spacial score (nSPS) is 10.5. The summed E-state index contributed by atoms with van der Waals surface area (Å²) in [5, 5.41) is 9.20. The highest BCUT2D eigenvalue weighted by atomic mass is 16.5. The number of aromatic amines is 1. The molecule has 0 spiro atoms. The van der Waals surface area contributed by atoms with E-state index >= 15 is 0 Å². The molecule has 0 amide bonds. The third-order valence-corrected chi connectivity index (χ3v) is 1.72. The number of nitrogens with one attached hydrogen (secondary N) is 1. The van der Waals surface area contributed by atoms with Gasteiger partial charge in [-0.3, -0.25) is 4.79 Å². The molecule has 2 aromatic rings. The maximum Gasteiger partial charge on any atom is 0.345 e. The zero-order valence-corrected chi connectivity index (χ0v) is 7.80. The van der Waals surface area contributed by atoms with Crippen LogP contribution < -0.4 is 5.56 Å². The number of tetrazole rings is 1. The predicted octanol–water partition coefficient (Wildman–Crippen LogP) is -1.01. The SMILES string of the molecule is CCOC(=O)c1cnc2nn[nH]n2c1=O. The van der Waals surface area contributed by atoms with Gasteiger partial charge in [-0.05, 0) is 12.1 Å². The van der Waals surface area contributed by atoms with Crippen molar-refractivity contribution in [2.24, 2.45) is 0 Å². The van der Waals surface area contributed by atoms with Crippen LogP contribution in [-0.2, 0) is 4.74 Å². The minimum absolute atomic E-state index is 0.105. The first-order valence-electron chi connectivity index (χ1n) is 4.20. The molecule has 0 atom stereocenters. The first-order valence-corrected chi connectivity index (χ1v) is 4.20. The minimum Gasteiger partial charge on any atom is -0.462 e. The second-order valence-electron chi connectivity index (χ2n) is 2.63. The van der Waals surface area contributed by atoms with Crippen LogP contribution >= 0.6 is 0 Å². The zero-order chi connectivity index (χ0) is 10.8. The molecule has 0 aliphatic carbocycles. The van der Waals surface area contributed by atoms with Crippen LogP contribution in [0.5, 0.6) is 0 Å². The van der Waals surface area contributed by atoms with Gasteiger partial charge in [0.2, 0.25) is 0 Å². The van der Waals surface area contributed by atoms with E-state index in [4.69, 9.17) is 0 Å². The molecule has 0 aliphatic heterocycles. The number of carbonyl (C=O) groups is 1. The summed E-state index contributed by atoms with van der Waals surface area (Å²) in [4.78, 5) is 26.7. The molecule has 15 heavy (non-hydrogen) atoms. The summed E-state index contributed by atoms with van der Waals surface area (Å²) in [5.74, 6) is -0.605. The van der Waals surface area contributed by atoms with Crippen molar-refractivity contribution < 1.29 is 9.53 Å². The summed E-state index contributed by atoms with van der Waals surface area (Å²) < 4.78 is 5.65. The third kappa shape index (κ3) is 1.45. The van der Waals surface area contributed by atoms with Gasteiger partial charge in [-0.15, -0.1) is 0 Å². The molecular formula is C7H7N5O3. The van der Waals surface area contributed by atoms with E-state index in [-0.39, 0.29) is 17.9 Å². The number of H-pyrrole nitrogens is 1. The van der Waals surface area contributed by atoms with Gasteiger partial charge in [0.05, 0.1) is 12.8 Å². The Labute approximate surface area is 82.9 Å². The van der Waals surface area contributed by atoms with Crippen LogP contribution in [0.4, 0.5) is 0 Å². The molecule has 2 aromatic heterocycles. The molecule has 0 aliphatic rings. The van der Waals surface area contributed by atoms with Crippen molar-refractivity contribution in [1.82, 2.24) is 25.0 Å². The lowest BCUT2D eigenvalue weighted by Gasteiger charge is -1.99. The summed E-state index contributed by atoms with van der Waals surface area (Å²) >= 11 is 0. The smallest absolute Gasteiger partial charge is 0.345 e. The highest BCUT2D eigenvalue weighted by Crippen LogP contribution is 1.94. The lowest BCUT2D eigenvalue weighted by molar-refractivity contribution is 0.0523. The summed E-state index contributed by atoms with van der Waals surface area (Å²) in [6.07, 6.45) is 1.12. The largest absolute Gasteiger partial charge is 0.462 e. The average molecular weight is 209 g/mol. The lowest BCUT2D eigenvalue weighted by Crippen LogP contribution is -2.24. The van der Waals surface area contributed by atoms with E-state index in [0.29, 0.717) is 0 Å². The van der Waals surface area contributed by atoms with Crippen molar-refractivity contribution >= 4 is 11.7 Å². The van der Waals surface area contributed by atoms with Crippen molar-refractivity contribution in [2.75, 3.05) is 6.61 Å². The molecule has 0 aromatic carbocycles. The van der Waals surface area contributed by atoms with Gasteiger partial charge >= 0.3 is 5.97 Å². The van der Waals surface area contributed by atoms with Gasteiger partial charge in [0.15, 0.2) is 0 Å². The van der Waals surface area contributed by atoms with Crippen LogP contribution in [0.25, 0.3) is 5.78 Å². The molecule has 8 nitrogen and oxygen atoms in total. The summed E-state index contributed by atoms with van der Waals surface area (Å²) in [7, 11) is 0. The Morgan fingerprint density at radius 2 is 2.47 bits per heavy atom. The molecule has 0 fully saturated rings. The number of esters is 1. The lowest BCUT2D eigenvalue weighted by atomic mass is 10.3. The van der Waals surface area contributed by atoms with Crippen molar-refractivity contribution in [1.29, 1.82) is 0 Å². The number of rotatable bonds is 2. The first-order chi connectivity index (χ1) is 7.24. The fourth-order valence-corrected chi connectivity index (χ4v) is 1.07. The molecule has 0 saturated heterocycles. The standard InChI is InChI=1S/C7H7N5O3/c1-2-15-6(14)4-3-8-7-9-10-11-12(7)5(4)13/h3H,2H2,1H3,(H,8,9,11). The van der Waals surface area contributed by atoms with E-state index in [2.05, 4.69) is 25.2 Å². The van der Waals surface area contributed by atoms with Crippen LogP contribution in [0.15, 0.2) is 11.0 Å². The maximum atomic E-state index is 11.6. The Balaban J connectivity index is 2.57. The maximum absolute atomic E-state index is 11.6. The van der Waals surface area contributed by atoms with Gasteiger partial charge in [-0.2, -0.15) is 9.73 Å². The summed E-state index contributed by atoms with van der Waals surface area (Å²) in [5.41, 5.74) is -0.733. The second kappa shape index (κ2) is 3.48. The van der Waals surface area contributed by atoms with Crippen molar-refractivity contribution in [3.63, 3.8) is 0 Å². The number of fused-ring (bicyclic) bond motifs is 1. The van der Waals surface area contributed by atoms with E-state index in [9.17, 15) is 9.59 Å². The van der Waals surface area contributed by atoms with Crippen LogP contribution in [-0.4, -0.2) is 37.6 Å². The highest BCUT2D eigenvalue weighted by molar-refractivity contribution is 5.88. The van der Waals surface area contributed by atoms with Gasteiger partial charge in [0.1, 0.15) is 5.56 Å². The van der Waals surface area contributed by atoms with E-state index in [0.717, 1.165) is 10.7 Å². The molecule has 8 heteroatoms. The number of aromatic nitrogens is 5. The number of carbonyl (C=O) groups excluding carboxylic acids is 1. The summed E-state index contributed by atoms with van der Waals surface area (Å²) in [6, 6.07) is 0. The van der Waals surface area contributed by atoms with Crippen LogP contribution in [0.1, 0.15) is 17.3 Å². The molecule has 1 N–H and O–H groups in total. The topological polar surface area (TPSA) is 102 Å². The van der Waals surface area contributed by atoms with Crippen LogP contribution in [0.2, 0.25) is 0 Å². The van der Waals surface area contributed by atoms with Crippen LogP contribution in [0, 0.1) is 0 Å². The fourth-order valence-electron chi connectivity index (χ4n) is 1.07. The molecule has 0 bridgehead atoms. The Morgan fingerprint density at radius 1 is 1.67 bits per heavy atom. The van der Waals surface area contributed by atoms with Crippen molar-refractivity contribution in [3.05, 3.63) is 22.1 Å². The molecule has 0 radical (unpaired) electrons. The molecule has 2 rings (SSSR count). The van der Waals surface area contributed by atoms with Gasteiger partial charge in [0.25, 0.3) is 11.3 Å². The number of hydrogen-bond donors (Lipinski definition) is 1. The number of ether oxygens (including phenoxy) is 1. The molecule has 2 heterocycles. The van der Waals surface area contributed by atoms with Crippen molar-refractivity contribution in [2.45, 2.75) is 6.92 Å². The zero-order valence-electron chi connectivity index (χ0n) is 7.80. The summed E-state index contributed by atoms with van der Waals surface area (Å²) in [6.45, 7) is 1.85. The molecule has 0 unspecified atom stereocenters. The first kappa shape index (κ1) is 9.31. The molecule has 78 valence electrons. The van der Waals surface area contributed by atoms with E-state index in [1.165, 1.54) is 0 Å². The third-order valence-electron chi connectivity index (χ3n) is 1.72. The van der Waals surface area contributed by atoms with E-state index in [1.54, 1.807) is 6.92 Å². The van der Waals surface area contributed by atoms with Crippen LogP contribution in [0.3, 0.4) is 0 Å². The monoisotopic (exact) mass is 209 g/mol. The van der Waals surface area contributed by atoms with E-state index in [1.807, 2.05) is 0 Å². The second-order valence-corrected chi connectivity index (χ2v) is 2.63. The molecular weight excluding hydrogens is 202 g/mol. The number of hydrogen-bond acceptors (Lipinski definition) is 6. The quantitative estimate of drug-likeness (QED) is 0.635. The Kier molecular flexibility index (Phi) is 2.16.